The standard InChI is InChI=1S/C12H17ClN4O2S/c1-4-10-12(20(13,18)19)11(5-2)17(15-10)7-9-6-14-8-16(9)3/h6,8H,4-5,7H2,1-3H3. The summed E-state index contributed by atoms with van der Waals surface area (Å²) in [6.45, 7) is 4.22. The molecule has 0 aliphatic carbocycles. The molecule has 2 aromatic heterocycles. The van der Waals surface area contributed by atoms with Crippen LogP contribution in [-0.2, 0) is 35.5 Å². The molecule has 110 valence electrons. The number of nitrogens with zero attached hydrogens (tertiary/aromatic N) is 4. The summed E-state index contributed by atoms with van der Waals surface area (Å²) < 4.78 is 27.1. The van der Waals surface area contributed by atoms with Crippen molar-refractivity contribution in [2.75, 3.05) is 0 Å². The summed E-state index contributed by atoms with van der Waals surface area (Å²) in [6, 6.07) is 0. The molecule has 0 radical (unpaired) electrons. The minimum Gasteiger partial charge on any atom is -0.336 e. The maximum atomic E-state index is 11.8. The number of aromatic nitrogens is 4. The second-order valence-electron chi connectivity index (χ2n) is 4.52. The molecule has 6 nitrogen and oxygen atoms in total. The van der Waals surface area contributed by atoms with Crippen molar-refractivity contribution in [2.45, 2.75) is 38.1 Å². The van der Waals surface area contributed by atoms with E-state index in [2.05, 4.69) is 10.1 Å². The summed E-state index contributed by atoms with van der Waals surface area (Å²) in [5.41, 5.74) is 2.10. The van der Waals surface area contributed by atoms with Crippen molar-refractivity contribution in [3.05, 3.63) is 29.6 Å². The molecule has 8 heteroatoms. The van der Waals surface area contributed by atoms with Gasteiger partial charge in [-0.25, -0.2) is 13.4 Å². The SMILES string of the molecule is CCc1nn(Cc2cncn2C)c(CC)c1S(=O)(=O)Cl. The van der Waals surface area contributed by atoms with Crippen LogP contribution in [0.2, 0.25) is 0 Å². The van der Waals surface area contributed by atoms with Crippen molar-refractivity contribution in [3.8, 4) is 0 Å². The summed E-state index contributed by atoms with van der Waals surface area (Å²) in [5.74, 6) is 0. The van der Waals surface area contributed by atoms with E-state index in [4.69, 9.17) is 10.7 Å². The molecule has 2 rings (SSSR count). The van der Waals surface area contributed by atoms with E-state index in [-0.39, 0.29) is 4.90 Å². The van der Waals surface area contributed by atoms with E-state index in [0.717, 1.165) is 5.69 Å². The predicted molar refractivity (Wildman–Crippen MR) is 76.3 cm³/mol. The number of aryl methyl sites for hydroxylation is 2. The molecule has 0 aliphatic heterocycles. The van der Waals surface area contributed by atoms with Gasteiger partial charge in [-0.1, -0.05) is 13.8 Å². The van der Waals surface area contributed by atoms with Gasteiger partial charge in [-0.15, -0.1) is 0 Å². The molecule has 0 bridgehead atoms. The lowest BCUT2D eigenvalue weighted by Gasteiger charge is -2.07. The average molecular weight is 317 g/mol. The first-order chi connectivity index (χ1) is 9.38. The fourth-order valence-electron chi connectivity index (χ4n) is 2.21. The Morgan fingerprint density at radius 3 is 2.45 bits per heavy atom. The second-order valence-corrected chi connectivity index (χ2v) is 7.02. The van der Waals surface area contributed by atoms with Gasteiger partial charge in [0.2, 0.25) is 0 Å². The molecular weight excluding hydrogens is 300 g/mol. The zero-order valence-electron chi connectivity index (χ0n) is 11.7. The second kappa shape index (κ2) is 5.57. The Morgan fingerprint density at radius 1 is 1.30 bits per heavy atom. The topological polar surface area (TPSA) is 69.8 Å². The number of imidazole rings is 1. The Hall–Kier alpha value is -1.34. The lowest BCUT2D eigenvalue weighted by Crippen LogP contribution is -2.09. The Bertz CT molecular complexity index is 718. The van der Waals surface area contributed by atoms with Gasteiger partial charge in [-0.2, -0.15) is 5.10 Å². The molecule has 0 N–H and O–H groups in total. The fraction of sp³-hybridized carbons (Fsp3) is 0.500. The largest absolute Gasteiger partial charge is 0.336 e. The fourth-order valence-corrected chi connectivity index (χ4v) is 3.74. The summed E-state index contributed by atoms with van der Waals surface area (Å²) in [5, 5.41) is 4.39. The molecule has 20 heavy (non-hydrogen) atoms. The molecule has 0 fully saturated rings. The third-order valence-corrected chi connectivity index (χ3v) is 4.64. The Labute approximate surface area is 122 Å². The van der Waals surface area contributed by atoms with E-state index in [1.54, 1.807) is 17.2 Å². The van der Waals surface area contributed by atoms with Crippen molar-refractivity contribution < 1.29 is 8.42 Å². The number of hydrogen-bond acceptors (Lipinski definition) is 4. The van der Waals surface area contributed by atoms with Gasteiger partial charge in [0, 0.05) is 17.7 Å². The van der Waals surface area contributed by atoms with Gasteiger partial charge in [0.15, 0.2) is 0 Å². The first-order valence-electron chi connectivity index (χ1n) is 6.36. The average Bonchev–Trinajstić information content (AvgIpc) is 2.93. The van der Waals surface area contributed by atoms with Crippen molar-refractivity contribution in [1.82, 2.24) is 19.3 Å². The zero-order chi connectivity index (χ0) is 14.9. The first-order valence-corrected chi connectivity index (χ1v) is 8.67. The van der Waals surface area contributed by atoms with E-state index in [9.17, 15) is 8.42 Å². The summed E-state index contributed by atoms with van der Waals surface area (Å²) in [4.78, 5) is 4.21. The Morgan fingerprint density at radius 2 is 2.00 bits per heavy atom. The molecule has 0 spiro atoms. The van der Waals surface area contributed by atoms with E-state index < -0.39 is 9.05 Å². The van der Waals surface area contributed by atoms with Crippen LogP contribution in [0, 0.1) is 0 Å². The van der Waals surface area contributed by atoms with E-state index in [1.807, 2.05) is 25.5 Å². The van der Waals surface area contributed by atoms with Crippen LogP contribution in [0.4, 0.5) is 0 Å². The van der Waals surface area contributed by atoms with Crippen molar-refractivity contribution in [1.29, 1.82) is 0 Å². The van der Waals surface area contributed by atoms with Gasteiger partial charge >= 0.3 is 0 Å². The normalized spacial score (nSPS) is 12.0. The smallest absolute Gasteiger partial charge is 0.264 e. The van der Waals surface area contributed by atoms with E-state index >= 15 is 0 Å². The number of hydrogen-bond donors (Lipinski definition) is 0. The van der Waals surface area contributed by atoms with Gasteiger partial charge in [0.25, 0.3) is 9.05 Å². The molecule has 0 aromatic carbocycles. The van der Waals surface area contributed by atoms with Crippen LogP contribution in [0.15, 0.2) is 17.4 Å². The van der Waals surface area contributed by atoms with Crippen LogP contribution in [0.25, 0.3) is 0 Å². The molecule has 2 aromatic rings. The van der Waals surface area contributed by atoms with Gasteiger partial charge in [-0.05, 0) is 12.8 Å². The number of rotatable bonds is 5. The van der Waals surface area contributed by atoms with E-state index in [0.29, 0.717) is 30.8 Å². The molecule has 0 amide bonds. The molecule has 0 unspecified atom stereocenters. The highest BCUT2D eigenvalue weighted by Gasteiger charge is 2.25. The highest BCUT2D eigenvalue weighted by Crippen LogP contribution is 2.26. The van der Waals surface area contributed by atoms with Gasteiger partial charge < -0.3 is 4.57 Å². The third-order valence-electron chi connectivity index (χ3n) is 3.22. The lowest BCUT2D eigenvalue weighted by molar-refractivity contribution is 0.601. The molecule has 0 saturated heterocycles. The number of halogens is 1. The van der Waals surface area contributed by atoms with Crippen LogP contribution in [-0.4, -0.2) is 27.7 Å². The first kappa shape index (κ1) is 15.1. The van der Waals surface area contributed by atoms with Crippen LogP contribution in [0.1, 0.15) is 30.9 Å². The van der Waals surface area contributed by atoms with Gasteiger partial charge in [0.1, 0.15) is 4.90 Å². The zero-order valence-corrected chi connectivity index (χ0v) is 13.2. The molecule has 0 saturated carbocycles. The third kappa shape index (κ3) is 2.73. The highest BCUT2D eigenvalue weighted by molar-refractivity contribution is 8.13. The summed E-state index contributed by atoms with van der Waals surface area (Å²) >= 11 is 0. The molecule has 2 heterocycles. The van der Waals surface area contributed by atoms with Gasteiger partial charge in [-0.3, -0.25) is 4.68 Å². The molecule has 0 aliphatic rings. The minimum absolute atomic E-state index is 0.159. The maximum absolute atomic E-state index is 11.8. The summed E-state index contributed by atoms with van der Waals surface area (Å²) in [7, 11) is 3.65. The lowest BCUT2D eigenvalue weighted by atomic mass is 10.2. The molecular formula is C12H17ClN4O2S. The van der Waals surface area contributed by atoms with Crippen LogP contribution in [0.5, 0.6) is 0 Å². The highest BCUT2D eigenvalue weighted by atomic mass is 35.7. The Balaban J connectivity index is 2.55. The predicted octanol–water partition coefficient (Wildman–Crippen LogP) is 1.72. The Kier molecular flexibility index (Phi) is 4.19. The maximum Gasteiger partial charge on any atom is 0.264 e. The quantitative estimate of drug-likeness (QED) is 0.788. The van der Waals surface area contributed by atoms with Crippen LogP contribution >= 0.6 is 10.7 Å². The van der Waals surface area contributed by atoms with Crippen LogP contribution < -0.4 is 0 Å². The molecule has 0 atom stereocenters. The van der Waals surface area contributed by atoms with Crippen LogP contribution in [0.3, 0.4) is 0 Å². The van der Waals surface area contributed by atoms with E-state index in [1.165, 1.54) is 0 Å². The van der Waals surface area contributed by atoms with Crippen molar-refractivity contribution >= 4 is 19.7 Å². The van der Waals surface area contributed by atoms with Gasteiger partial charge in [0.05, 0.1) is 36.2 Å². The minimum atomic E-state index is -3.79. The monoisotopic (exact) mass is 316 g/mol. The van der Waals surface area contributed by atoms with Crippen molar-refractivity contribution in [2.24, 2.45) is 7.05 Å². The summed E-state index contributed by atoms with van der Waals surface area (Å²) in [6.07, 6.45) is 4.50. The van der Waals surface area contributed by atoms with Crippen molar-refractivity contribution in [3.63, 3.8) is 0 Å².